The first kappa shape index (κ1) is 11.5. The molecule has 5 nitrogen and oxygen atoms in total. The average molecular weight is 229 g/mol. The number of benzene rings is 1. The number of carbonyl (C=O) groups is 1. The number of aromatic hydroxyl groups is 1. The first-order valence-electron chi connectivity index (χ1n) is 4.11. The van der Waals surface area contributed by atoms with Crippen molar-refractivity contribution >= 4 is 15.7 Å². The van der Waals surface area contributed by atoms with Crippen molar-refractivity contribution in [1.29, 1.82) is 0 Å². The van der Waals surface area contributed by atoms with E-state index in [1.165, 1.54) is 19.2 Å². The number of amides is 1. The van der Waals surface area contributed by atoms with Gasteiger partial charge in [0.15, 0.2) is 9.84 Å². The summed E-state index contributed by atoms with van der Waals surface area (Å²) in [6, 6.07) is 3.57. The van der Waals surface area contributed by atoms with Crippen molar-refractivity contribution in [1.82, 2.24) is 5.32 Å². The van der Waals surface area contributed by atoms with Gasteiger partial charge in [-0.2, -0.15) is 0 Å². The van der Waals surface area contributed by atoms with Gasteiger partial charge in [0.2, 0.25) is 0 Å². The largest absolute Gasteiger partial charge is 0.507 e. The van der Waals surface area contributed by atoms with E-state index in [4.69, 9.17) is 0 Å². The molecule has 0 unspecified atom stereocenters. The van der Waals surface area contributed by atoms with Gasteiger partial charge in [-0.1, -0.05) is 0 Å². The third kappa shape index (κ3) is 2.47. The number of phenols is 1. The fourth-order valence-corrected chi connectivity index (χ4v) is 1.71. The van der Waals surface area contributed by atoms with E-state index < -0.39 is 15.7 Å². The Kier molecular flexibility index (Phi) is 2.99. The Hall–Kier alpha value is -1.56. The van der Waals surface area contributed by atoms with Gasteiger partial charge in [0, 0.05) is 13.3 Å². The standard InChI is InChI=1S/C9H11NO4S/c1-10-9(12)7-5-6(15(2,13)14)3-4-8(7)11/h3-5,11H,1-2H3,(H,10,12). The van der Waals surface area contributed by atoms with Crippen molar-refractivity contribution < 1.29 is 18.3 Å². The van der Waals surface area contributed by atoms with E-state index in [1.54, 1.807) is 0 Å². The molecule has 0 heterocycles. The second-order valence-electron chi connectivity index (χ2n) is 3.03. The summed E-state index contributed by atoms with van der Waals surface area (Å²) in [5, 5.41) is 11.7. The lowest BCUT2D eigenvalue weighted by Gasteiger charge is -2.05. The van der Waals surface area contributed by atoms with Crippen LogP contribution in [0.2, 0.25) is 0 Å². The minimum Gasteiger partial charge on any atom is -0.507 e. The summed E-state index contributed by atoms with van der Waals surface area (Å²) in [6.07, 6.45) is 1.03. The summed E-state index contributed by atoms with van der Waals surface area (Å²) in [5.41, 5.74) is -0.0552. The number of phenolic OH excluding ortho intramolecular Hbond substituents is 1. The highest BCUT2D eigenvalue weighted by molar-refractivity contribution is 7.90. The predicted octanol–water partition coefficient (Wildman–Crippen LogP) is 0.155. The highest BCUT2D eigenvalue weighted by Crippen LogP contribution is 2.20. The smallest absolute Gasteiger partial charge is 0.254 e. The molecule has 0 spiro atoms. The van der Waals surface area contributed by atoms with E-state index in [0.717, 1.165) is 12.3 Å². The molecule has 0 bridgehead atoms. The first-order chi connectivity index (χ1) is 6.86. The molecule has 6 heteroatoms. The molecule has 0 radical (unpaired) electrons. The van der Waals surface area contributed by atoms with Crippen molar-refractivity contribution in [2.45, 2.75) is 4.90 Å². The lowest BCUT2D eigenvalue weighted by Crippen LogP contribution is -2.18. The number of rotatable bonds is 2. The molecule has 1 aromatic carbocycles. The molecule has 1 rings (SSSR count). The van der Waals surface area contributed by atoms with Crippen LogP contribution in [0.15, 0.2) is 23.1 Å². The lowest BCUT2D eigenvalue weighted by molar-refractivity contribution is 0.0960. The molecular formula is C9H11NO4S. The molecule has 0 aliphatic rings. The van der Waals surface area contributed by atoms with Crippen LogP contribution in [0.3, 0.4) is 0 Å². The van der Waals surface area contributed by atoms with Gasteiger partial charge in [-0.3, -0.25) is 4.79 Å². The summed E-state index contributed by atoms with van der Waals surface area (Å²) in [6.45, 7) is 0. The van der Waals surface area contributed by atoms with Crippen molar-refractivity contribution in [3.8, 4) is 5.75 Å². The minimum absolute atomic E-state index is 0.00102. The van der Waals surface area contributed by atoms with E-state index in [-0.39, 0.29) is 16.2 Å². The molecule has 0 aliphatic heterocycles. The molecule has 0 fully saturated rings. The summed E-state index contributed by atoms with van der Waals surface area (Å²) in [4.78, 5) is 11.2. The topological polar surface area (TPSA) is 83.5 Å². The molecule has 0 saturated heterocycles. The molecule has 0 saturated carbocycles. The van der Waals surface area contributed by atoms with Gasteiger partial charge in [0.1, 0.15) is 5.75 Å². The van der Waals surface area contributed by atoms with Crippen LogP contribution in [0.1, 0.15) is 10.4 Å². The zero-order valence-corrected chi connectivity index (χ0v) is 9.13. The predicted molar refractivity (Wildman–Crippen MR) is 54.6 cm³/mol. The molecular weight excluding hydrogens is 218 g/mol. The monoisotopic (exact) mass is 229 g/mol. The minimum atomic E-state index is -3.37. The maximum absolute atomic E-state index is 11.2. The zero-order valence-electron chi connectivity index (χ0n) is 8.31. The Labute approximate surface area is 87.7 Å². The quantitative estimate of drug-likeness (QED) is 0.756. The van der Waals surface area contributed by atoms with Gasteiger partial charge >= 0.3 is 0 Å². The van der Waals surface area contributed by atoms with Gasteiger partial charge < -0.3 is 10.4 Å². The Morgan fingerprint density at radius 2 is 2.00 bits per heavy atom. The Morgan fingerprint density at radius 3 is 2.47 bits per heavy atom. The zero-order chi connectivity index (χ0) is 11.6. The first-order valence-corrected chi connectivity index (χ1v) is 6.00. The third-order valence-electron chi connectivity index (χ3n) is 1.87. The van der Waals surface area contributed by atoms with Gasteiger partial charge in [0.25, 0.3) is 5.91 Å². The highest BCUT2D eigenvalue weighted by Gasteiger charge is 2.14. The number of hydrogen-bond donors (Lipinski definition) is 2. The SMILES string of the molecule is CNC(=O)c1cc(S(C)(=O)=O)ccc1O. The van der Waals surface area contributed by atoms with Crippen LogP contribution in [0.4, 0.5) is 0 Å². The van der Waals surface area contributed by atoms with Crippen molar-refractivity contribution in [2.75, 3.05) is 13.3 Å². The number of hydrogen-bond acceptors (Lipinski definition) is 4. The van der Waals surface area contributed by atoms with E-state index >= 15 is 0 Å². The second kappa shape index (κ2) is 3.90. The van der Waals surface area contributed by atoms with Crippen LogP contribution < -0.4 is 5.32 Å². The van der Waals surface area contributed by atoms with Crippen LogP contribution in [-0.2, 0) is 9.84 Å². The maximum atomic E-state index is 11.2. The number of sulfone groups is 1. The summed E-state index contributed by atoms with van der Waals surface area (Å²) in [7, 11) is -1.98. The second-order valence-corrected chi connectivity index (χ2v) is 5.05. The maximum Gasteiger partial charge on any atom is 0.254 e. The molecule has 0 aromatic heterocycles. The number of carbonyl (C=O) groups excluding carboxylic acids is 1. The van der Waals surface area contributed by atoms with Crippen LogP contribution in [0.25, 0.3) is 0 Å². The van der Waals surface area contributed by atoms with Crippen molar-refractivity contribution in [2.24, 2.45) is 0 Å². The molecule has 2 N–H and O–H groups in total. The van der Waals surface area contributed by atoms with Crippen molar-refractivity contribution in [3.63, 3.8) is 0 Å². The summed E-state index contributed by atoms with van der Waals surface area (Å²) in [5.74, 6) is -0.778. The van der Waals surface area contributed by atoms with E-state index in [0.29, 0.717) is 0 Å². The van der Waals surface area contributed by atoms with Gasteiger partial charge in [-0.25, -0.2) is 8.42 Å². The lowest BCUT2D eigenvalue weighted by atomic mass is 10.2. The summed E-state index contributed by atoms with van der Waals surface area (Å²) < 4.78 is 22.4. The fraction of sp³-hybridized carbons (Fsp3) is 0.222. The molecule has 82 valence electrons. The van der Waals surface area contributed by atoms with E-state index in [9.17, 15) is 18.3 Å². The highest BCUT2D eigenvalue weighted by atomic mass is 32.2. The molecule has 0 atom stereocenters. The Bertz CT molecular complexity index is 493. The van der Waals surface area contributed by atoms with Gasteiger partial charge in [0.05, 0.1) is 10.5 Å². The Morgan fingerprint density at radius 1 is 1.40 bits per heavy atom. The fourth-order valence-electron chi connectivity index (χ4n) is 1.06. The average Bonchev–Trinajstić information content (AvgIpc) is 2.15. The molecule has 1 aromatic rings. The van der Waals surface area contributed by atoms with E-state index in [2.05, 4.69) is 5.32 Å². The van der Waals surface area contributed by atoms with Crippen LogP contribution >= 0.6 is 0 Å². The molecule has 0 aliphatic carbocycles. The van der Waals surface area contributed by atoms with E-state index in [1.807, 2.05) is 0 Å². The van der Waals surface area contributed by atoms with Crippen LogP contribution in [0.5, 0.6) is 5.75 Å². The number of nitrogens with one attached hydrogen (secondary N) is 1. The molecule has 1 amide bonds. The Balaban J connectivity index is 3.36. The molecule has 15 heavy (non-hydrogen) atoms. The van der Waals surface area contributed by atoms with Gasteiger partial charge in [-0.15, -0.1) is 0 Å². The van der Waals surface area contributed by atoms with Gasteiger partial charge in [-0.05, 0) is 18.2 Å². The van der Waals surface area contributed by atoms with Crippen LogP contribution in [0, 0.1) is 0 Å². The normalized spacial score (nSPS) is 11.1. The third-order valence-corrected chi connectivity index (χ3v) is 2.98. The van der Waals surface area contributed by atoms with Crippen molar-refractivity contribution in [3.05, 3.63) is 23.8 Å². The summed E-state index contributed by atoms with van der Waals surface area (Å²) >= 11 is 0. The van der Waals surface area contributed by atoms with Crippen LogP contribution in [-0.4, -0.2) is 32.7 Å².